The quantitative estimate of drug-likeness (QED) is 0.410. The minimum atomic E-state index is 0.842. The van der Waals surface area contributed by atoms with E-state index < -0.39 is 0 Å². The second-order valence-corrected chi connectivity index (χ2v) is 7.46. The largest absolute Gasteiger partial charge is 0.193 e. The van der Waals surface area contributed by atoms with Gasteiger partial charge in [0.2, 0.25) is 0 Å². The lowest BCUT2D eigenvalue weighted by Gasteiger charge is -2.28. The number of nitrogens with zero attached hydrogens (tertiary/aromatic N) is 1. The number of hydrogen-bond donors (Lipinski definition) is 0. The molecule has 0 aromatic rings. The second kappa shape index (κ2) is 9.88. The first kappa shape index (κ1) is 17.3. The van der Waals surface area contributed by atoms with Crippen LogP contribution < -0.4 is 0 Å². The summed E-state index contributed by atoms with van der Waals surface area (Å²) in [7, 11) is 0. The summed E-state index contributed by atoms with van der Waals surface area (Å²) in [6.45, 7) is 2.34. The van der Waals surface area contributed by atoms with Gasteiger partial charge in [-0.1, -0.05) is 31.6 Å². The van der Waals surface area contributed by atoms with Gasteiger partial charge in [-0.2, -0.15) is 5.26 Å². The molecule has 0 saturated heterocycles. The first-order valence-electron chi connectivity index (χ1n) is 9.54. The molecule has 1 heteroatoms. The van der Waals surface area contributed by atoms with E-state index in [0.717, 1.165) is 30.1 Å². The molecule has 0 N–H and O–H groups in total. The van der Waals surface area contributed by atoms with Gasteiger partial charge in [0.15, 0.2) is 0 Å². The SMILES string of the molecule is CC[C@H]1CC[C@H](/C=C/[C@H]2CC[C@H](CC/C=C/C#N)CC2)CC1. The van der Waals surface area contributed by atoms with Crippen LogP contribution in [0.5, 0.6) is 0 Å². The van der Waals surface area contributed by atoms with E-state index in [9.17, 15) is 0 Å². The molecule has 1 nitrogen and oxygen atoms in total. The number of nitriles is 1. The van der Waals surface area contributed by atoms with Crippen molar-refractivity contribution in [1.29, 1.82) is 5.26 Å². The van der Waals surface area contributed by atoms with Gasteiger partial charge in [-0.15, -0.1) is 0 Å². The molecule has 2 aliphatic carbocycles. The summed E-state index contributed by atoms with van der Waals surface area (Å²) in [6, 6.07) is 2.08. The Balaban J connectivity index is 1.62. The molecule has 0 spiro atoms. The van der Waals surface area contributed by atoms with Crippen LogP contribution in [0.3, 0.4) is 0 Å². The van der Waals surface area contributed by atoms with E-state index >= 15 is 0 Å². The van der Waals surface area contributed by atoms with Gasteiger partial charge in [0.25, 0.3) is 0 Å². The Kier molecular flexibility index (Phi) is 7.78. The minimum absolute atomic E-state index is 0.842. The standard InChI is InChI=1S/C21H33N/c1-2-18-7-9-20(10-8-18)15-16-21-13-11-19(12-14-21)6-4-3-5-17-22/h3,5,15-16,18-21H,2,4,6-14H2,1H3/b5-3+,16-15+/t18-,19-,20-,21-. The molecule has 0 aromatic heterocycles. The van der Waals surface area contributed by atoms with Crippen LogP contribution in [0.15, 0.2) is 24.3 Å². The first-order chi connectivity index (χ1) is 10.8. The fourth-order valence-electron chi connectivity index (χ4n) is 4.24. The molecule has 0 amide bonds. The van der Waals surface area contributed by atoms with E-state index in [-0.39, 0.29) is 0 Å². The van der Waals surface area contributed by atoms with Crippen molar-refractivity contribution < 1.29 is 0 Å². The minimum Gasteiger partial charge on any atom is -0.193 e. The first-order valence-corrected chi connectivity index (χ1v) is 9.54. The maximum Gasteiger partial charge on any atom is 0.0908 e. The summed E-state index contributed by atoms with van der Waals surface area (Å²) < 4.78 is 0. The van der Waals surface area contributed by atoms with Crippen LogP contribution in [0.1, 0.15) is 77.6 Å². The van der Waals surface area contributed by atoms with Crippen molar-refractivity contribution in [3.63, 3.8) is 0 Å². The molecule has 2 saturated carbocycles. The van der Waals surface area contributed by atoms with Crippen molar-refractivity contribution >= 4 is 0 Å². The monoisotopic (exact) mass is 299 g/mol. The molecular weight excluding hydrogens is 266 g/mol. The van der Waals surface area contributed by atoms with Gasteiger partial charge in [0.1, 0.15) is 0 Å². The van der Waals surface area contributed by atoms with Crippen molar-refractivity contribution in [2.45, 2.75) is 77.6 Å². The summed E-state index contributed by atoms with van der Waals surface area (Å²) in [6.07, 6.45) is 23.8. The molecule has 2 fully saturated rings. The fourth-order valence-corrected chi connectivity index (χ4v) is 4.24. The smallest absolute Gasteiger partial charge is 0.0908 e. The van der Waals surface area contributed by atoms with Gasteiger partial charge in [-0.3, -0.25) is 0 Å². The lowest BCUT2D eigenvalue weighted by molar-refractivity contribution is 0.290. The van der Waals surface area contributed by atoms with Gasteiger partial charge < -0.3 is 0 Å². The third-order valence-corrected chi connectivity index (χ3v) is 5.95. The summed E-state index contributed by atoms with van der Waals surface area (Å²) in [4.78, 5) is 0. The summed E-state index contributed by atoms with van der Waals surface area (Å²) in [5.74, 6) is 3.62. The van der Waals surface area contributed by atoms with Crippen molar-refractivity contribution in [3.05, 3.63) is 24.3 Å². The van der Waals surface area contributed by atoms with E-state index in [0.29, 0.717) is 0 Å². The predicted molar refractivity (Wildman–Crippen MR) is 94.3 cm³/mol. The predicted octanol–water partition coefficient (Wildman–Crippen LogP) is 6.43. The van der Waals surface area contributed by atoms with Gasteiger partial charge in [0.05, 0.1) is 6.07 Å². The Morgan fingerprint density at radius 2 is 1.41 bits per heavy atom. The molecule has 2 aliphatic rings. The van der Waals surface area contributed by atoms with Crippen LogP contribution in [0, 0.1) is 35.0 Å². The van der Waals surface area contributed by atoms with Crippen LogP contribution >= 0.6 is 0 Å². The molecule has 0 atom stereocenters. The summed E-state index contributed by atoms with van der Waals surface area (Å²) in [5, 5.41) is 8.49. The normalized spacial score (nSPS) is 33.3. The molecule has 122 valence electrons. The van der Waals surface area contributed by atoms with E-state index in [1.165, 1.54) is 64.2 Å². The highest BCUT2D eigenvalue weighted by molar-refractivity contribution is 5.01. The van der Waals surface area contributed by atoms with Crippen molar-refractivity contribution in [3.8, 4) is 6.07 Å². The van der Waals surface area contributed by atoms with E-state index in [2.05, 4.69) is 25.1 Å². The van der Waals surface area contributed by atoms with Crippen LogP contribution in [0.25, 0.3) is 0 Å². The molecule has 0 aromatic carbocycles. The molecule has 2 rings (SSSR count). The third-order valence-electron chi connectivity index (χ3n) is 5.95. The molecule has 0 radical (unpaired) electrons. The van der Waals surface area contributed by atoms with Gasteiger partial charge in [0, 0.05) is 6.08 Å². The summed E-state index contributed by atoms with van der Waals surface area (Å²) >= 11 is 0. The molecule has 0 heterocycles. The molecule has 22 heavy (non-hydrogen) atoms. The Labute approximate surface area is 137 Å². The fraction of sp³-hybridized carbons (Fsp3) is 0.762. The maximum atomic E-state index is 8.49. The molecule has 0 bridgehead atoms. The average Bonchev–Trinajstić information content (AvgIpc) is 2.58. The van der Waals surface area contributed by atoms with E-state index in [1.54, 1.807) is 6.08 Å². The summed E-state index contributed by atoms with van der Waals surface area (Å²) in [5.41, 5.74) is 0. The molecular formula is C21H33N. The molecule has 0 aliphatic heterocycles. The Morgan fingerprint density at radius 3 is 1.91 bits per heavy atom. The Bertz CT molecular complexity index is 385. The number of allylic oxidation sites excluding steroid dienone is 4. The average molecular weight is 300 g/mol. The maximum absolute atomic E-state index is 8.49. The number of hydrogen-bond acceptors (Lipinski definition) is 1. The van der Waals surface area contributed by atoms with Crippen molar-refractivity contribution in [2.75, 3.05) is 0 Å². The van der Waals surface area contributed by atoms with Crippen molar-refractivity contribution in [1.82, 2.24) is 0 Å². The highest BCUT2D eigenvalue weighted by Crippen LogP contribution is 2.35. The van der Waals surface area contributed by atoms with Crippen molar-refractivity contribution in [2.24, 2.45) is 23.7 Å². The van der Waals surface area contributed by atoms with E-state index in [4.69, 9.17) is 5.26 Å². The zero-order valence-electron chi connectivity index (χ0n) is 14.3. The van der Waals surface area contributed by atoms with Crippen LogP contribution in [0.4, 0.5) is 0 Å². The van der Waals surface area contributed by atoms with Crippen LogP contribution in [-0.4, -0.2) is 0 Å². The number of rotatable bonds is 6. The highest BCUT2D eigenvalue weighted by atomic mass is 14.3. The van der Waals surface area contributed by atoms with Gasteiger partial charge >= 0.3 is 0 Å². The van der Waals surface area contributed by atoms with Gasteiger partial charge in [-0.25, -0.2) is 0 Å². The Morgan fingerprint density at radius 1 is 0.864 bits per heavy atom. The molecule has 0 unspecified atom stereocenters. The zero-order valence-corrected chi connectivity index (χ0v) is 14.3. The highest BCUT2D eigenvalue weighted by Gasteiger charge is 2.21. The lowest BCUT2D eigenvalue weighted by Crippen LogP contribution is -2.14. The van der Waals surface area contributed by atoms with Crippen LogP contribution in [-0.2, 0) is 0 Å². The van der Waals surface area contributed by atoms with E-state index in [1.807, 2.05) is 6.08 Å². The topological polar surface area (TPSA) is 23.8 Å². The second-order valence-electron chi connectivity index (χ2n) is 7.46. The van der Waals surface area contributed by atoms with Crippen LogP contribution in [0.2, 0.25) is 0 Å². The third kappa shape index (κ3) is 5.99. The lowest BCUT2D eigenvalue weighted by atomic mass is 9.78. The Hall–Kier alpha value is -1.03. The van der Waals surface area contributed by atoms with Gasteiger partial charge in [-0.05, 0) is 87.9 Å². The zero-order chi connectivity index (χ0) is 15.6.